The van der Waals surface area contributed by atoms with E-state index in [1.54, 1.807) is 0 Å². The van der Waals surface area contributed by atoms with Crippen LogP contribution >= 0.6 is 15.9 Å². The van der Waals surface area contributed by atoms with Crippen LogP contribution in [0.3, 0.4) is 0 Å². The second kappa shape index (κ2) is 7.52. The lowest BCUT2D eigenvalue weighted by molar-refractivity contribution is 0.279. The molecule has 0 unspecified atom stereocenters. The third kappa shape index (κ3) is 5.10. The molecule has 0 fully saturated rings. The molecule has 1 aromatic heterocycles. The zero-order valence-corrected chi connectivity index (χ0v) is 14.1. The highest BCUT2D eigenvalue weighted by Gasteiger charge is 2.05. The first-order valence-corrected chi connectivity index (χ1v) is 7.77. The number of benzene rings is 1. The van der Waals surface area contributed by atoms with Crippen LogP contribution in [0.25, 0.3) is 0 Å². The number of hydrogen-bond donors (Lipinski definition) is 1. The first-order valence-electron chi connectivity index (χ1n) is 6.97. The Balaban J connectivity index is 1.97. The number of nitrogens with one attached hydrogen (secondary N) is 1. The maximum Gasteiger partial charge on any atom is 0.316 e. The average molecular weight is 350 g/mol. The first-order chi connectivity index (χ1) is 10.0. The molecule has 0 spiro atoms. The fourth-order valence-corrected chi connectivity index (χ4v) is 2.25. The van der Waals surface area contributed by atoms with Gasteiger partial charge in [-0.25, -0.2) is 9.97 Å². The van der Waals surface area contributed by atoms with Gasteiger partial charge in [0.25, 0.3) is 0 Å². The largest absolute Gasteiger partial charge is 0.459 e. The van der Waals surface area contributed by atoms with Crippen molar-refractivity contribution in [1.82, 2.24) is 15.3 Å². The van der Waals surface area contributed by atoms with Crippen LogP contribution in [-0.2, 0) is 13.2 Å². The predicted octanol–water partition coefficient (Wildman–Crippen LogP) is 3.62. The van der Waals surface area contributed by atoms with Crippen LogP contribution in [0.1, 0.15) is 30.7 Å². The SMILES string of the molecule is Cc1nc(OCc2cccc(Br)c2)ncc1CNC(C)C. The molecule has 2 rings (SSSR count). The van der Waals surface area contributed by atoms with Gasteiger partial charge in [-0.05, 0) is 24.6 Å². The van der Waals surface area contributed by atoms with Crippen molar-refractivity contribution in [3.05, 3.63) is 51.8 Å². The monoisotopic (exact) mass is 349 g/mol. The molecule has 0 aliphatic carbocycles. The molecular weight excluding hydrogens is 330 g/mol. The molecule has 21 heavy (non-hydrogen) atoms. The molecule has 0 saturated carbocycles. The van der Waals surface area contributed by atoms with Crippen LogP contribution in [0.15, 0.2) is 34.9 Å². The summed E-state index contributed by atoms with van der Waals surface area (Å²) in [4.78, 5) is 8.67. The summed E-state index contributed by atoms with van der Waals surface area (Å²) < 4.78 is 6.68. The highest BCUT2D eigenvalue weighted by atomic mass is 79.9. The number of nitrogens with zero attached hydrogens (tertiary/aromatic N) is 2. The normalized spacial score (nSPS) is 10.9. The van der Waals surface area contributed by atoms with E-state index < -0.39 is 0 Å². The number of hydrogen-bond acceptors (Lipinski definition) is 4. The Morgan fingerprint density at radius 1 is 1.33 bits per heavy atom. The summed E-state index contributed by atoms with van der Waals surface area (Å²) in [6.07, 6.45) is 1.83. The number of aromatic nitrogens is 2. The zero-order chi connectivity index (χ0) is 15.2. The molecule has 0 bridgehead atoms. The van der Waals surface area contributed by atoms with E-state index in [9.17, 15) is 0 Å². The van der Waals surface area contributed by atoms with Crippen molar-refractivity contribution in [2.24, 2.45) is 0 Å². The molecule has 5 heteroatoms. The van der Waals surface area contributed by atoms with E-state index in [-0.39, 0.29) is 0 Å². The molecule has 0 aliphatic rings. The van der Waals surface area contributed by atoms with E-state index in [4.69, 9.17) is 4.74 Å². The van der Waals surface area contributed by atoms with Crippen molar-refractivity contribution in [3.8, 4) is 6.01 Å². The van der Waals surface area contributed by atoms with Gasteiger partial charge in [0.1, 0.15) is 6.61 Å². The standard InChI is InChI=1S/C16H20BrN3O/c1-11(2)18-8-14-9-19-16(20-12(14)3)21-10-13-5-4-6-15(17)7-13/h4-7,9,11,18H,8,10H2,1-3H3. The molecule has 1 heterocycles. The van der Waals surface area contributed by atoms with E-state index in [0.717, 1.165) is 27.8 Å². The summed E-state index contributed by atoms with van der Waals surface area (Å²) >= 11 is 3.44. The van der Waals surface area contributed by atoms with Gasteiger partial charge in [0.05, 0.1) is 0 Å². The summed E-state index contributed by atoms with van der Waals surface area (Å²) in [5.74, 6) is 0. The van der Waals surface area contributed by atoms with Gasteiger partial charge in [0, 0.05) is 34.5 Å². The average Bonchev–Trinajstić information content (AvgIpc) is 2.44. The fourth-order valence-electron chi connectivity index (χ4n) is 1.80. The Morgan fingerprint density at radius 3 is 2.81 bits per heavy atom. The molecule has 0 aliphatic heterocycles. The highest BCUT2D eigenvalue weighted by molar-refractivity contribution is 9.10. The maximum atomic E-state index is 5.65. The van der Waals surface area contributed by atoms with Gasteiger partial charge in [0.15, 0.2) is 0 Å². The van der Waals surface area contributed by atoms with Crippen LogP contribution in [0, 0.1) is 6.92 Å². The van der Waals surface area contributed by atoms with Gasteiger partial charge in [-0.15, -0.1) is 0 Å². The second-order valence-corrected chi connectivity index (χ2v) is 6.13. The minimum Gasteiger partial charge on any atom is -0.459 e. The van der Waals surface area contributed by atoms with Gasteiger partial charge >= 0.3 is 6.01 Å². The van der Waals surface area contributed by atoms with Crippen molar-refractivity contribution in [3.63, 3.8) is 0 Å². The lowest BCUT2D eigenvalue weighted by Gasteiger charge is -2.11. The van der Waals surface area contributed by atoms with Gasteiger partial charge in [0.2, 0.25) is 0 Å². The molecule has 112 valence electrons. The molecular formula is C16H20BrN3O. The van der Waals surface area contributed by atoms with Crippen LogP contribution in [0.2, 0.25) is 0 Å². The van der Waals surface area contributed by atoms with Gasteiger partial charge < -0.3 is 10.1 Å². The fraction of sp³-hybridized carbons (Fsp3) is 0.375. The minimum absolute atomic E-state index is 0.417. The smallest absolute Gasteiger partial charge is 0.316 e. The highest BCUT2D eigenvalue weighted by Crippen LogP contribution is 2.14. The summed E-state index contributed by atoms with van der Waals surface area (Å²) in [6, 6.07) is 8.86. The Morgan fingerprint density at radius 2 is 2.14 bits per heavy atom. The number of halogens is 1. The Labute approximate surface area is 134 Å². The number of rotatable bonds is 6. The van der Waals surface area contributed by atoms with E-state index >= 15 is 0 Å². The predicted molar refractivity (Wildman–Crippen MR) is 87.2 cm³/mol. The van der Waals surface area contributed by atoms with Crippen molar-refractivity contribution >= 4 is 15.9 Å². The quantitative estimate of drug-likeness (QED) is 0.864. The van der Waals surface area contributed by atoms with Gasteiger partial charge in [-0.2, -0.15) is 0 Å². The molecule has 4 nitrogen and oxygen atoms in total. The molecule has 0 saturated heterocycles. The van der Waals surface area contributed by atoms with Crippen LogP contribution < -0.4 is 10.1 Å². The minimum atomic E-state index is 0.417. The van der Waals surface area contributed by atoms with E-state index in [0.29, 0.717) is 18.7 Å². The molecule has 1 N–H and O–H groups in total. The Kier molecular flexibility index (Phi) is 5.70. The van der Waals surface area contributed by atoms with Crippen LogP contribution in [0.5, 0.6) is 6.01 Å². The first kappa shape index (κ1) is 15.9. The summed E-state index contributed by atoms with van der Waals surface area (Å²) in [7, 11) is 0. The molecule has 0 amide bonds. The van der Waals surface area contributed by atoms with Gasteiger partial charge in [-0.1, -0.05) is 41.9 Å². The van der Waals surface area contributed by atoms with Crippen molar-refractivity contribution in [2.45, 2.75) is 40.0 Å². The number of aryl methyl sites for hydroxylation is 1. The molecule has 1 aromatic carbocycles. The third-order valence-corrected chi connectivity index (χ3v) is 3.51. The van der Waals surface area contributed by atoms with E-state index in [2.05, 4.69) is 45.1 Å². The van der Waals surface area contributed by atoms with Crippen molar-refractivity contribution in [1.29, 1.82) is 0 Å². The summed E-state index contributed by atoms with van der Waals surface area (Å²) in [5.41, 5.74) is 3.12. The lowest BCUT2D eigenvalue weighted by Crippen LogP contribution is -2.22. The van der Waals surface area contributed by atoms with Crippen molar-refractivity contribution < 1.29 is 4.74 Å². The summed E-state index contributed by atoms with van der Waals surface area (Å²) in [6.45, 7) is 7.44. The van der Waals surface area contributed by atoms with Crippen LogP contribution in [-0.4, -0.2) is 16.0 Å². The molecule has 2 aromatic rings. The van der Waals surface area contributed by atoms with Crippen LogP contribution in [0.4, 0.5) is 0 Å². The maximum absolute atomic E-state index is 5.65. The number of ether oxygens (including phenoxy) is 1. The second-order valence-electron chi connectivity index (χ2n) is 5.22. The topological polar surface area (TPSA) is 47.0 Å². The lowest BCUT2D eigenvalue weighted by atomic mass is 10.2. The Bertz CT molecular complexity index is 602. The summed E-state index contributed by atoms with van der Waals surface area (Å²) in [5, 5.41) is 3.36. The van der Waals surface area contributed by atoms with E-state index in [1.807, 2.05) is 37.4 Å². The van der Waals surface area contributed by atoms with Crippen molar-refractivity contribution in [2.75, 3.05) is 0 Å². The van der Waals surface area contributed by atoms with E-state index in [1.165, 1.54) is 0 Å². The molecule has 0 radical (unpaired) electrons. The molecule has 0 atom stereocenters. The third-order valence-electron chi connectivity index (χ3n) is 3.02. The zero-order valence-electron chi connectivity index (χ0n) is 12.6. The Hall–Kier alpha value is -1.46. The van der Waals surface area contributed by atoms with Gasteiger partial charge in [-0.3, -0.25) is 0 Å².